The Kier molecular flexibility index (Phi) is 4.50. The zero-order valence-electron chi connectivity index (χ0n) is 14.8. The van der Waals surface area contributed by atoms with E-state index in [9.17, 15) is 9.59 Å². The van der Waals surface area contributed by atoms with E-state index >= 15 is 0 Å². The molecule has 7 nitrogen and oxygen atoms in total. The Bertz CT molecular complexity index is 647. The highest BCUT2D eigenvalue weighted by atomic mass is 16.5. The van der Waals surface area contributed by atoms with Crippen LogP contribution in [0.5, 0.6) is 0 Å². The molecule has 4 rings (SSSR count). The smallest absolute Gasteiger partial charge is 0.276 e. The number of amides is 2. The molecular formula is C18H26N4O3. The SMILES string of the molecule is CN1CCN(C(=O)[C@@H]2CCCN(C(=O)c3cc(C4CC4)on3)C2)CC1. The van der Waals surface area contributed by atoms with Gasteiger partial charge in [-0.05, 0) is 32.7 Å². The minimum absolute atomic E-state index is 0.0871. The summed E-state index contributed by atoms with van der Waals surface area (Å²) in [5.41, 5.74) is 0.384. The Morgan fingerprint density at radius 3 is 2.56 bits per heavy atom. The predicted octanol–water partition coefficient (Wildman–Crippen LogP) is 1.18. The number of aromatic nitrogens is 1. The number of hydrogen-bond donors (Lipinski definition) is 0. The second-order valence-electron chi connectivity index (χ2n) is 7.61. The fourth-order valence-electron chi connectivity index (χ4n) is 3.76. The van der Waals surface area contributed by atoms with Gasteiger partial charge in [-0.3, -0.25) is 9.59 Å². The topological polar surface area (TPSA) is 69.9 Å². The zero-order chi connectivity index (χ0) is 17.4. The highest BCUT2D eigenvalue weighted by molar-refractivity contribution is 5.93. The molecule has 3 heterocycles. The number of rotatable bonds is 3. The van der Waals surface area contributed by atoms with Gasteiger partial charge in [0.25, 0.3) is 5.91 Å². The van der Waals surface area contributed by atoms with Crippen molar-refractivity contribution in [1.29, 1.82) is 0 Å². The van der Waals surface area contributed by atoms with Gasteiger partial charge < -0.3 is 19.2 Å². The lowest BCUT2D eigenvalue weighted by molar-refractivity contribution is -0.138. The van der Waals surface area contributed by atoms with Gasteiger partial charge in [0, 0.05) is 51.3 Å². The van der Waals surface area contributed by atoms with E-state index < -0.39 is 0 Å². The molecule has 7 heteroatoms. The number of likely N-dealkylation sites (N-methyl/N-ethyl adjacent to an activating group) is 1. The van der Waals surface area contributed by atoms with E-state index in [0.717, 1.165) is 57.6 Å². The van der Waals surface area contributed by atoms with Crippen molar-refractivity contribution in [2.75, 3.05) is 46.3 Å². The zero-order valence-corrected chi connectivity index (χ0v) is 14.8. The molecule has 0 bridgehead atoms. The lowest BCUT2D eigenvalue weighted by atomic mass is 9.96. The van der Waals surface area contributed by atoms with Crippen molar-refractivity contribution in [2.24, 2.45) is 5.92 Å². The first-order valence-corrected chi connectivity index (χ1v) is 9.35. The number of hydrogen-bond acceptors (Lipinski definition) is 5. The van der Waals surface area contributed by atoms with Crippen molar-refractivity contribution in [2.45, 2.75) is 31.6 Å². The van der Waals surface area contributed by atoms with Gasteiger partial charge in [-0.1, -0.05) is 5.16 Å². The van der Waals surface area contributed by atoms with Gasteiger partial charge in [-0.15, -0.1) is 0 Å². The minimum atomic E-state index is -0.105. The second kappa shape index (κ2) is 6.78. The molecule has 3 aliphatic rings. The molecule has 2 saturated heterocycles. The highest BCUT2D eigenvalue weighted by Gasteiger charge is 2.34. The van der Waals surface area contributed by atoms with Crippen LogP contribution in [-0.2, 0) is 4.79 Å². The van der Waals surface area contributed by atoms with Crippen LogP contribution in [0.2, 0.25) is 0 Å². The molecule has 1 saturated carbocycles. The average molecular weight is 346 g/mol. The molecule has 0 spiro atoms. The van der Waals surface area contributed by atoms with Crippen LogP contribution >= 0.6 is 0 Å². The van der Waals surface area contributed by atoms with Gasteiger partial charge in [0.15, 0.2) is 5.69 Å². The first-order valence-electron chi connectivity index (χ1n) is 9.35. The van der Waals surface area contributed by atoms with Crippen LogP contribution < -0.4 is 0 Å². The molecule has 0 radical (unpaired) electrons. The van der Waals surface area contributed by atoms with E-state index in [1.165, 1.54) is 0 Å². The first kappa shape index (κ1) is 16.6. The van der Waals surface area contributed by atoms with Crippen LogP contribution in [-0.4, -0.2) is 78.0 Å². The molecule has 1 aromatic rings. The fourth-order valence-corrected chi connectivity index (χ4v) is 3.76. The standard InChI is InChI=1S/C18H26N4O3/c1-20-7-9-21(10-8-20)17(23)14-3-2-6-22(12-14)18(24)15-11-16(25-19-15)13-4-5-13/h11,13-14H,2-10,12H2,1H3/t14-/m1/s1. The molecule has 1 aliphatic carbocycles. The van der Waals surface area contributed by atoms with Crippen molar-refractivity contribution in [3.05, 3.63) is 17.5 Å². The van der Waals surface area contributed by atoms with Crippen LogP contribution in [0, 0.1) is 5.92 Å². The summed E-state index contributed by atoms with van der Waals surface area (Å²) in [4.78, 5) is 31.5. The van der Waals surface area contributed by atoms with Crippen molar-refractivity contribution in [1.82, 2.24) is 19.9 Å². The highest BCUT2D eigenvalue weighted by Crippen LogP contribution is 2.40. The summed E-state index contributed by atoms with van der Waals surface area (Å²) in [5, 5.41) is 3.95. The van der Waals surface area contributed by atoms with Gasteiger partial charge in [0.2, 0.25) is 5.91 Å². The molecule has 2 amide bonds. The van der Waals surface area contributed by atoms with Crippen LogP contribution in [0.1, 0.15) is 47.8 Å². The Morgan fingerprint density at radius 2 is 1.84 bits per heavy atom. The molecule has 3 fully saturated rings. The predicted molar refractivity (Wildman–Crippen MR) is 91.2 cm³/mol. The maximum Gasteiger partial charge on any atom is 0.276 e. The van der Waals surface area contributed by atoms with Gasteiger partial charge in [-0.25, -0.2) is 0 Å². The molecule has 0 N–H and O–H groups in total. The molecule has 0 unspecified atom stereocenters. The molecule has 1 atom stereocenters. The molecule has 1 aromatic heterocycles. The van der Waals surface area contributed by atoms with Gasteiger partial charge in [-0.2, -0.15) is 0 Å². The molecule has 25 heavy (non-hydrogen) atoms. The Labute approximate surface area is 147 Å². The number of carbonyl (C=O) groups is 2. The molecule has 0 aromatic carbocycles. The number of carbonyl (C=O) groups excluding carboxylic acids is 2. The first-order chi connectivity index (χ1) is 12.1. The van der Waals surface area contributed by atoms with Crippen molar-refractivity contribution in [3.63, 3.8) is 0 Å². The fraction of sp³-hybridized carbons (Fsp3) is 0.722. The Balaban J connectivity index is 1.38. The molecular weight excluding hydrogens is 320 g/mol. The summed E-state index contributed by atoms with van der Waals surface area (Å²) in [6.45, 7) is 4.60. The summed E-state index contributed by atoms with van der Waals surface area (Å²) < 4.78 is 5.30. The number of nitrogens with zero attached hydrogens (tertiary/aromatic N) is 4. The molecule has 136 valence electrons. The van der Waals surface area contributed by atoms with Crippen molar-refractivity contribution in [3.8, 4) is 0 Å². The summed E-state index contributed by atoms with van der Waals surface area (Å²) in [5.74, 6) is 1.28. The van der Waals surface area contributed by atoms with Gasteiger partial charge in [0.1, 0.15) is 5.76 Å². The minimum Gasteiger partial charge on any atom is -0.360 e. The van der Waals surface area contributed by atoms with E-state index in [1.807, 2.05) is 4.90 Å². The number of piperidine rings is 1. The maximum atomic E-state index is 12.8. The maximum absolute atomic E-state index is 12.8. The summed E-state index contributed by atoms with van der Waals surface area (Å²) >= 11 is 0. The van der Waals surface area contributed by atoms with Crippen LogP contribution in [0.15, 0.2) is 10.6 Å². The third kappa shape index (κ3) is 3.56. The Morgan fingerprint density at radius 1 is 1.08 bits per heavy atom. The second-order valence-corrected chi connectivity index (χ2v) is 7.61. The van der Waals surface area contributed by atoms with E-state index in [0.29, 0.717) is 24.7 Å². The quantitative estimate of drug-likeness (QED) is 0.822. The monoisotopic (exact) mass is 346 g/mol. The van der Waals surface area contributed by atoms with E-state index in [-0.39, 0.29) is 17.7 Å². The van der Waals surface area contributed by atoms with Crippen LogP contribution in [0.25, 0.3) is 0 Å². The third-order valence-corrected chi connectivity index (χ3v) is 5.60. The summed E-state index contributed by atoms with van der Waals surface area (Å²) in [7, 11) is 2.08. The normalized spacial score (nSPS) is 25.2. The van der Waals surface area contributed by atoms with Crippen molar-refractivity contribution < 1.29 is 14.1 Å². The molecule has 2 aliphatic heterocycles. The van der Waals surface area contributed by atoms with Crippen LogP contribution in [0.3, 0.4) is 0 Å². The summed E-state index contributed by atoms with van der Waals surface area (Å²) in [6, 6.07) is 1.78. The van der Waals surface area contributed by atoms with Crippen LogP contribution in [0.4, 0.5) is 0 Å². The van der Waals surface area contributed by atoms with E-state index in [4.69, 9.17) is 4.52 Å². The number of likely N-dealkylation sites (tertiary alicyclic amines) is 1. The third-order valence-electron chi connectivity index (χ3n) is 5.60. The lowest BCUT2D eigenvalue weighted by Crippen LogP contribution is -2.52. The summed E-state index contributed by atoms with van der Waals surface area (Å²) in [6.07, 6.45) is 3.96. The largest absolute Gasteiger partial charge is 0.360 e. The lowest BCUT2D eigenvalue weighted by Gasteiger charge is -2.37. The Hall–Kier alpha value is -1.89. The van der Waals surface area contributed by atoms with Gasteiger partial charge in [0.05, 0.1) is 5.92 Å². The van der Waals surface area contributed by atoms with Crippen molar-refractivity contribution >= 4 is 11.8 Å². The van der Waals surface area contributed by atoms with E-state index in [2.05, 4.69) is 17.1 Å². The van der Waals surface area contributed by atoms with E-state index in [1.54, 1.807) is 11.0 Å². The van der Waals surface area contributed by atoms with Gasteiger partial charge >= 0.3 is 0 Å². The average Bonchev–Trinajstić information content (AvgIpc) is 3.38. The number of piperazine rings is 1.